The van der Waals surface area contributed by atoms with Crippen molar-refractivity contribution in [3.63, 3.8) is 0 Å². The summed E-state index contributed by atoms with van der Waals surface area (Å²) in [5.41, 5.74) is 8.71. The lowest BCUT2D eigenvalue weighted by Gasteiger charge is -2.07. The predicted molar refractivity (Wildman–Crippen MR) is 83.1 cm³/mol. The highest BCUT2D eigenvalue weighted by Crippen LogP contribution is 2.25. The summed E-state index contributed by atoms with van der Waals surface area (Å²) in [7, 11) is 3.30. The molecule has 0 radical (unpaired) electrons. The highest BCUT2D eigenvalue weighted by atomic mass is 16.5. The van der Waals surface area contributed by atoms with Crippen molar-refractivity contribution in [2.75, 3.05) is 20.0 Å². The summed E-state index contributed by atoms with van der Waals surface area (Å²) in [5, 5.41) is 0. The van der Waals surface area contributed by atoms with Crippen molar-refractivity contribution >= 4 is 11.8 Å². The molecular formula is C17H19NO2. The molecule has 0 heterocycles. The zero-order valence-corrected chi connectivity index (χ0v) is 11.8. The molecule has 0 aliphatic rings. The second kappa shape index (κ2) is 6.66. The Morgan fingerprint density at radius 1 is 1.00 bits per heavy atom. The van der Waals surface area contributed by atoms with Crippen LogP contribution in [-0.2, 0) is 6.42 Å². The Labute approximate surface area is 119 Å². The van der Waals surface area contributed by atoms with Gasteiger partial charge in [-0.15, -0.1) is 0 Å². The van der Waals surface area contributed by atoms with Gasteiger partial charge in [0.05, 0.1) is 14.2 Å². The predicted octanol–water partition coefficient (Wildman–Crippen LogP) is 3.54. The number of hydrogen-bond acceptors (Lipinski definition) is 3. The average Bonchev–Trinajstić information content (AvgIpc) is 2.49. The molecule has 0 saturated heterocycles. The summed E-state index contributed by atoms with van der Waals surface area (Å²) >= 11 is 0. The molecule has 2 aromatic rings. The number of anilines is 1. The molecule has 0 aromatic heterocycles. The van der Waals surface area contributed by atoms with Crippen molar-refractivity contribution in [3.8, 4) is 11.5 Å². The minimum atomic E-state index is 0.787. The van der Waals surface area contributed by atoms with E-state index >= 15 is 0 Å². The molecule has 0 aliphatic carbocycles. The van der Waals surface area contributed by atoms with Gasteiger partial charge in [0, 0.05) is 17.3 Å². The first-order valence-electron chi connectivity index (χ1n) is 6.46. The van der Waals surface area contributed by atoms with Crippen LogP contribution >= 0.6 is 0 Å². The van der Waals surface area contributed by atoms with Crippen LogP contribution in [0, 0.1) is 0 Å². The first-order chi connectivity index (χ1) is 9.72. The van der Waals surface area contributed by atoms with Crippen LogP contribution in [0.5, 0.6) is 11.5 Å². The van der Waals surface area contributed by atoms with Gasteiger partial charge in [-0.05, 0) is 36.2 Å². The zero-order chi connectivity index (χ0) is 14.4. The van der Waals surface area contributed by atoms with Crippen molar-refractivity contribution in [1.29, 1.82) is 0 Å². The van der Waals surface area contributed by atoms with Gasteiger partial charge < -0.3 is 15.2 Å². The number of nitrogen functional groups attached to an aromatic ring is 1. The van der Waals surface area contributed by atoms with Crippen LogP contribution in [0.15, 0.2) is 48.5 Å². The summed E-state index contributed by atoms with van der Waals surface area (Å²) in [6.07, 6.45) is 5.01. The number of allylic oxidation sites excluding steroid dienone is 1. The van der Waals surface area contributed by atoms with E-state index in [0.29, 0.717) is 0 Å². The van der Waals surface area contributed by atoms with Crippen LogP contribution in [0.4, 0.5) is 5.69 Å². The fourth-order valence-electron chi connectivity index (χ4n) is 1.93. The molecular weight excluding hydrogens is 250 g/mol. The lowest BCUT2D eigenvalue weighted by Crippen LogP contribution is -1.90. The lowest BCUT2D eigenvalue weighted by molar-refractivity contribution is 0.394. The third-order valence-electron chi connectivity index (χ3n) is 3.07. The molecule has 0 bridgehead atoms. The van der Waals surface area contributed by atoms with Crippen molar-refractivity contribution in [3.05, 3.63) is 59.7 Å². The standard InChI is InChI=1S/C17H19NO2/c1-19-16-11-8-14(17(12-16)20-2)5-3-4-13-6-9-15(18)10-7-13/h3,5-12H,4,18H2,1-2H3/b5-3+. The second-order valence-corrected chi connectivity index (χ2v) is 4.46. The van der Waals surface area contributed by atoms with Crippen LogP contribution in [0.3, 0.4) is 0 Å². The highest BCUT2D eigenvalue weighted by Gasteiger charge is 2.01. The fourth-order valence-corrected chi connectivity index (χ4v) is 1.93. The SMILES string of the molecule is COc1ccc(/C=C/Cc2ccc(N)cc2)c(OC)c1. The number of benzene rings is 2. The van der Waals surface area contributed by atoms with Crippen LogP contribution in [-0.4, -0.2) is 14.2 Å². The summed E-state index contributed by atoms with van der Waals surface area (Å²) in [4.78, 5) is 0. The summed E-state index contributed by atoms with van der Waals surface area (Å²) in [6.45, 7) is 0. The normalized spacial score (nSPS) is 10.7. The molecule has 0 amide bonds. The lowest BCUT2D eigenvalue weighted by atomic mass is 10.1. The monoisotopic (exact) mass is 269 g/mol. The minimum absolute atomic E-state index is 0.787. The zero-order valence-electron chi connectivity index (χ0n) is 11.8. The highest BCUT2D eigenvalue weighted by molar-refractivity contribution is 5.59. The van der Waals surface area contributed by atoms with Gasteiger partial charge in [0.25, 0.3) is 0 Å². The number of ether oxygens (including phenoxy) is 2. The Morgan fingerprint density at radius 2 is 1.75 bits per heavy atom. The van der Waals surface area contributed by atoms with E-state index in [1.807, 2.05) is 42.5 Å². The molecule has 2 aromatic carbocycles. The number of rotatable bonds is 5. The summed E-state index contributed by atoms with van der Waals surface area (Å²) in [5.74, 6) is 1.59. The van der Waals surface area contributed by atoms with E-state index in [9.17, 15) is 0 Å². The quantitative estimate of drug-likeness (QED) is 0.844. The van der Waals surface area contributed by atoms with Crippen molar-refractivity contribution in [1.82, 2.24) is 0 Å². The molecule has 3 nitrogen and oxygen atoms in total. The van der Waals surface area contributed by atoms with E-state index in [0.717, 1.165) is 29.2 Å². The Kier molecular flexibility index (Phi) is 4.66. The Hall–Kier alpha value is -2.42. The van der Waals surface area contributed by atoms with Gasteiger partial charge >= 0.3 is 0 Å². The number of nitrogens with two attached hydrogens (primary N) is 1. The molecule has 104 valence electrons. The number of hydrogen-bond donors (Lipinski definition) is 1. The summed E-state index contributed by atoms with van der Waals surface area (Å²) in [6, 6.07) is 13.7. The molecule has 0 saturated carbocycles. The number of methoxy groups -OCH3 is 2. The van der Waals surface area contributed by atoms with Crippen molar-refractivity contribution in [2.45, 2.75) is 6.42 Å². The molecule has 0 spiro atoms. The van der Waals surface area contributed by atoms with Gasteiger partial charge in [-0.25, -0.2) is 0 Å². The van der Waals surface area contributed by atoms with E-state index in [1.165, 1.54) is 5.56 Å². The van der Waals surface area contributed by atoms with Crippen LogP contribution in [0.1, 0.15) is 11.1 Å². The van der Waals surface area contributed by atoms with E-state index in [2.05, 4.69) is 12.2 Å². The van der Waals surface area contributed by atoms with Gasteiger partial charge in [-0.2, -0.15) is 0 Å². The molecule has 0 aliphatic heterocycles. The van der Waals surface area contributed by atoms with Gasteiger partial charge in [-0.3, -0.25) is 0 Å². The average molecular weight is 269 g/mol. The maximum atomic E-state index is 5.67. The molecule has 2 rings (SSSR count). The molecule has 0 unspecified atom stereocenters. The smallest absolute Gasteiger partial charge is 0.129 e. The molecule has 20 heavy (non-hydrogen) atoms. The third-order valence-corrected chi connectivity index (χ3v) is 3.07. The topological polar surface area (TPSA) is 44.5 Å². The Morgan fingerprint density at radius 3 is 2.40 bits per heavy atom. The van der Waals surface area contributed by atoms with Crippen molar-refractivity contribution in [2.24, 2.45) is 0 Å². The van der Waals surface area contributed by atoms with Crippen molar-refractivity contribution < 1.29 is 9.47 Å². The summed E-state index contributed by atoms with van der Waals surface area (Å²) < 4.78 is 10.5. The maximum Gasteiger partial charge on any atom is 0.129 e. The molecule has 0 fully saturated rings. The fraction of sp³-hybridized carbons (Fsp3) is 0.176. The molecule has 0 atom stereocenters. The van der Waals surface area contributed by atoms with Gasteiger partial charge in [0.15, 0.2) is 0 Å². The first kappa shape index (κ1) is 14.0. The van der Waals surface area contributed by atoms with E-state index in [1.54, 1.807) is 14.2 Å². The largest absolute Gasteiger partial charge is 0.497 e. The maximum absolute atomic E-state index is 5.67. The van der Waals surface area contributed by atoms with Gasteiger partial charge in [0.2, 0.25) is 0 Å². The molecule has 3 heteroatoms. The van der Waals surface area contributed by atoms with E-state index < -0.39 is 0 Å². The van der Waals surface area contributed by atoms with E-state index in [4.69, 9.17) is 15.2 Å². The van der Waals surface area contributed by atoms with Crippen LogP contribution < -0.4 is 15.2 Å². The third kappa shape index (κ3) is 3.54. The van der Waals surface area contributed by atoms with Gasteiger partial charge in [0.1, 0.15) is 11.5 Å². The van der Waals surface area contributed by atoms with Crippen LogP contribution in [0.25, 0.3) is 6.08 Å². The minimum Gasteiger partial charge on any atom is -0.497 e. The van der Waals surface area contributed by atoms with Gasteiger partial charge in [-0.1, -0.05) is 24.3 Å². The molecule has 2 N–H and O–H groups in total. The van der Waals surface area contributed by atoms with E-state index in [-0.39, 0.29) is 0 Å². The van der Waals surface area contributed by atoms with Crippen LogP contribution in [0.2, 0.25) is 0 Å². The Bertz CT molecular complexity index is 588. The first-order valence-corrected chi connectivity index (χ1v) is 6.46. The second-order valence-electron chi connectivity index (χ2n) is 4.46. The Balaban J connectivity index is 2.09.